The minimum atomic E-state index is -2.10. The van der Waals surface area contributed by atoms with Crippen LogP contribution in [0.3, 0.4) is 0 Å². The molecule has 0 aliphatic rings. The standard InChI is InChI=1S/C6H7BO6.Na.H/c8-3-1-2-4(13-7(11)12)6(10)5(3)9;;/h1-2,8-12H;;/q;+1;-1. The predicted molar refractivity (Wildman–Crippen MR) is 43.4 cm³/mol. The molecule has 1 rings (SSSR count). The third kappa shape index (κ3) is 2.97. The fourth-order valence-corrected chi connectivity index (χ4v) is 0.759. The summed E-state index contributed by atoms with van der Waals surface area (Å²) in [4.78, 5) is 0. The number of hydrogen-bond acceptors (Lipinski definition) is 6. The second-order valence-electron chi connectivity index (χ2n) is 2.22. The summed E-state index contributed by atoms with van der Waals surface area (Å²) in [6.07, 6.45) is 0. The number of phenolic OH excluding ortho intramolecular Hbond substituents is 3. The molecule has 0 fully saturated rings. The molecule has 0 amide bonds. The molecular weight excluding hydrogens is 202 g/mol. The molecule has 0 bridgehead atoms. The van der Waals surface area contributed by atoms with E-state index in [-0.39, 0.29) is 36.7 Å². The van der Waals surface area contributed by atoms with Gasteiger partial charge in [0.25, 0.3) is 0 Å². The van der Waals surface area contributed by atoms with Crippen molar-refractivity contribution in [1.29, 1.82) is 0 Å². The van der Waals surface area contributed by atoms with Gasteiger partial charge in [0.1, 0.15) is 5.75 Å². The van der Waals surface area contributed by atoms with Gasteiger partial charge in [-0.3, -0.25) is 0 Å². The summed E-state index contributed by atoms with van der Waals surface area (Å²) in [6, 6.07) is 2.11. The molecule has 1 aromatic carbocycles. The molecule has 1 aromatic rings. The van der Waals surface area contributed by atoms with Gasteiger partial charge in [0.15, 0.2) is 5.75 Å². The van der Waals surface area contributed by atoms with Crippen LogP contribution in [0.5, 0.6) is 23.0 Å². The normalized spacial score (nSPS) is 9.00. The molecule has 0 aromatic heterocycles. The Hall–Kier alpha value is -0.595. The Morgan fingerprint density at radius 3 is 2.14 bits per heavy atom. The molecule has 8 heteroatoms. The van der Waals surface area contributed by atoms with Gasteiger partial charge in [-0.25, -0.2) is 0 Å². The van der Waals surface area contributed by atoms with Crippen molar-refractivity contribution in [3.8, 4) is 23.0 Å². The summed E-state index contributed by atoms with van der Waals surface area (Å²) < 4.78 is 4.27. The van der Waals surface area contributed by atoms with Gasteiger partial charge >= 0.3 is 36.9 Å². The second kappa shape index (κ2) is 5.33. The first kappa shape index (κ1) is 13.4. The van der Waals surface area contributed by atoms with Crippen molar-refractivity contribution in [2.24, 2.45) is 0 Å². The maximum atomic E-state index is 9.07. The van der Waals surface area contributed by atoms with Crippen LogP contribution < -0.4 is 34.2 Å². The van der Waals surface area contributed by atoms with E-state index in [4.69, 9.17) is 25.4 Å². The van der Waals surface area contributed by atoms with Crippen molar-refractivity contribution in [2.45, 2.75) is 0 Å². The van der Waals surface area contributed by atoms with Crippen LogP contribution in [0.25, 0.3) is 0 Å². The van der Waals surface area contributed by atoms with Gasteiger partial charge < -0.3 is 31.4 Å². The predicted octanol–water partition coefficient (Wildman–Crippen LogP) is -3.73. The summed E-state index contributed by atoms with van der Waals surface area (Å²) >= 11 is 0. The zero-order chi connectivity index (χ0) is 10.0. The van der Waals surface area contributed by atoms with E-state index in [0.29, 0.717) is 0 Å². The fraction of sp³-hybridized carbons (Fsp3) is 0. The van der Waals surface area contributed by atoms with Crippen LogP contribution in [-0.4, -0.2) is 32.7 Å². The van der Waals surface area contributed by atoms with Crippen LogP contribution in [-0.2, 0) is 0 Å². The third-order valence-electron chi connectivity index (χ3n) is 1.33. The fourth-order valence-electron chi connectivity index (χ4n) is 0.759. The van der Waals surface area contributed by atoms with Crippen molar-refractivity contribution in [2.75, 3.05) is 0 Å². The van der Waals surface area contributed by atoms with Crippen LogP contribution in [0.4, 0.5) is 0 Å². The topological polar surface area (TPSA) is 110 Å². The molecule has 72 valence electrons. The Morgan fingerprint density at radius 1 is 1.07 bits per heavy atom. The minimum Gasteiger partial charge on any atom is -1.00 e. The first-order valence-electron chi connectivity index (χ1n) is 3.29. The molecule has 14 heavy (non-hydrogen) atoms. The van der Waals surface area contributed by atoms with Gasteiger partial charge in [-0.05, 0) is 12.1 Å². The molecule has 0 unspecified atom stereocenters. The monoisotopic (exact) mass is 210 g/mol. The summed E-state index contributed by atoms with van der Waals surface area (Å²) in [5.74, 6) is -2.41. The SMILES string of the molecule is OB(O)Oc1ccc(O)c(O)c1O.[H-].[Na+]. The van der Waals surface area contributed by atoms with Crippen molar-refractivity contribution in [1.82, 2.24) is 0 Å². The Kier molecular flexibility index (Phi) is 5.10. The number of rotatable bonds is 2. The van der Waals surface area contributed by atoms with E-state index in [1.54, 1.807) is 0 Å². The minimum absolute atomic E-state index is 0. The number of hydrogen-bond donors (Lipinski definition) is 5. The van der Waals surface area contributed by atoms with Crippen molar-refractivity contribution in [3.05, 3.63) is 12.1 Å². The second-order valence-corrected chi connectivity index (χ2v) is 2.22. The van der Waals surface area contributed by atoms with Gasteiger partial charge in [0.2, 0.25) is 11.5 Å². The van der Waals surface area contributed by atoms with Crippen LogP contribution in [0, 0.1) is 0 Å². The van der Waals surface area contributed by atoms with Gasteiger partial charge in [-0.15, -0.1) is 0 Å². The molecule has 0 saturated heterocycles. The third-order valence-corrected chi connectivity index (χ3v) is 1.33. The molecule has 0 aliphatic heterocycles. The number of phenols is 3. The van der Waals surface area contributed by atoms with E-state index < -0.39 is 24.6 Å². The van der Waals surface area contributed by atoms with E-state index in [9.17, 15) is 0 Å². The zero-order valence-corrected chi connectivity index (χ0v) is 9.38. The molecule has 0 radical (unpaired) electrons. The van der Waals surface area contributed by atoms with Gasteiger partial charge in [-0.2, -0.15) is 0 Å². The largest absolute Gasteiger partial charge is 1.00 e. The Labute approximate surface area is 103 Å². The van der Waals surface area contributed by atoms with Crippen molar-refractivity contribution < 1.29 is 61.0 Å². The first-order chi connectivity index (χ1) is 6.02. The molecule has 0 atom stereocenters. The van der Waals surface area contributed by atoms with Crippen molar-refractivity contribution >= 4 is 7.32 Å². The van der Waals surface area contributed by atoms with Crippen LogP contribution >= 0.6 is 0 Å². The number of benzene rings is 1. The Bertz CT molecular complexity index is 323. The van der Waals surface area contributed by atoms with E-state index in [2.05, 4.69) is 4.65 Å². The maximum Gasteiger partial charge on any atom is 1.00 e. The first-order valence-corrected chi connectivity index (χ1v) is 3.29. The molecule has 0 spiro atoms. The summed E-state index contributed by atoms with van der Waals surface area (Å²) in [7, 11) is -2.10. The van der Waals surface area contributed by atoms with Crippen molar-refractivity contribution in [3.63, 3.8) is 0 Å². The van der Waals surface area contributed by atoms with E-state index >= 15 is 0 Å². The summed E-state index contributed by atoms with van der Waals surface area (Å²) in [5, 5.41) is 43.6. The quantitative estimate of drug-likeness (QED) is 0.253. The summed E-state index contributed by atoms with van der Waals surface area (Å²) in [6.45, 7) is 0. The van der Waals surface area contributed by atoms with E-state index in [1.165, 1.54) is 0 Å². The average molecular weight is 210 g/mol. The Balaban J connectivity index is 0. The molecule has 6 nitrogen and oxygen atoms in total. The van der Waals surface area contributed by atoms with Gasteiger partial charge in [-0.1, -0.05) is 0 Å². The van der Waals surface area contributed by atoms with Crippen LogP contribution in [0.1, 0.15) is 1.43 Å². The van der Waals surface area contributed by atoms with E-state index in [1.807, 2.05) is 0 Å². The van der Waals surface area contributed by atoms with Crippen LogP contribution in [0.15, 0.2) is 12.1 Å². The molecule has 0 saturated carbocycles. The van der Waals surface area contributed by atoms with E-state index in [0.717, 1.165) is 12.1 Å². The maximum absolute atomic E-state index is 9.07. The average Bonchev–Trinajstić information content (AvgIpc) is 2.06. The molecular formula is C6H8BNaO6. The van der Waals surface area contributed by atoms with Gasteiger partial charge in [0, 0.05) is 0 Å². The molecule has 5 N–H and O–H groups in total. The smallest absolute Gasteiger partial charge is 1.00 e. The molecule has 0 aliphatic carbocycles. The summed E-state index contributed by atoms with van der Waals surface area (Å²) in [5.41, 5.74) is 0. The number of aromatic hydroxyl groups is 3. The molecule has 0 heterocycles. The zero-order valence-electron chi connectivity index (χ0n) is 8.38. The Morgan fingerprint density at radius 2 is 1.64 bits per heavy atom. The van der Waals surface area contributed by atoms with Gasteiger partial charge in [0.05, 0.1) is 0 Å². The van der Waals surface area contributed by atoms with Crippen LogP contribution in [0.2, 0.25) is 0 Å².